The van der Waals surface area contributed by atoms with Gasteiger partial charge >= 0.3 is 18.0 Å². The molecule has 0 amide bonds. The van der Waals surface area contributed by atoms with E-state index in [-0.39, 0.29) is 37.2 Å². The topological polar surface area (TPSA) is 83.2 Å². The second kappa shape index (κ2) is 10.3. The van der Waals surface area contributed by atoms with E-state index in [0.29, 0.717) is 17.7 Å². The van der Waals surface area contributed by atoms with Crippen LogP contribution in [0.4, 0.5) is 30.7 Å². The Balaban J connectivity index is 1.70. The molecule has 200 valence electrons. The first-order valence-electron chi connectivity index (χ1n) is 11.0. The Kier molecular flexibility index (Phi) is 7.44. The molecule has 1 saturated heterocycles. The van der Waals surface area contributed by atoms with Gasteiger partial charge in [0.1, 0.15) is 24.0 Å². The van der Waals surface area contributed by atoms with Crippen LogP contribution in [0.15, 0.2) is 47.3 Å². The van der Waals surface area contributed by atoms with E-state index in [1.54, 1.807) is 4.90 Å². The zero-order valence-electron chi connectivity index (χ0n) is 19.2. The van der Waals surface area contributed by atoms with E-state index >= 15 is 0 Å². The van der Waals surface area contributed by atoms with Crippen LogP contribution >= 0.6 is 0 Å². The summed E-state index contributed by atoms with van der Waals surface area (Å²) >= 11 is 0. The number of alkyl halides is 6. The molecule has 0 unspecified atom stereocenters. The lowest BCUT2D eigenvalue weighted by Crippen LogP contribution is -2.48. The third-order valence-electron chi connectivity index (χ3n) is 5.82. The fourth-order valence-electron chi connectivity index (χ4n) is 4.01. The zero-order valence-corrected chi connectivity index (χ0v) is 19.2. The number of ether oxygens (including phenoxy) is 2. The van der Waals surface area contributed by atoms with Gasteiger partial charge in [-0.2, -0.15) is 31.4 Å². The molecule has 1 aliphatic rings. The summed E-state index contributed by atoms with van der Waals surface area (Å²) in [5, 5.41) is 6.05. The van der Waals surface area contributed by atoms with Gasteiger partial charge < -0.3 is 9.47 Å². The number of benzene rings is 2. The van der Waals surface area contributed by atoms with Crippen LogP contribution in [0.5, 0.6) is 0 Å². The van der Waals surface area contributed by atoms with E-state index in [2.05, 4.69) is 15.2 Å². The predicted octanol–water partition coefficient (Wildman–Crippen LogP) is 4.95. The number of morpholine rings is 1. The van der Waals surface area contributed by atoms with E-state index in [1.165, 1.54) is 31.2 Å². The van der Waals surface area contributed by atoms with Crippen molar-refractivity contribution in [3.63, 3.8) is 0 Å². The molecule has 0 saturated carbocycles. The summed E-state index contributed by atoms with van der Waals surface area (Å²) in [7, 11) is 0. The smallest absolute Gasteiger partial charge is 0.368 e. The number of aromatic amines is 2. The van der Waals surface area contributed by atoms with Gasteiger partial charge in [-0.05, 0) is 48.4 Å². The number of hydrogen-bond acceptors (Lipinski definition) is 5. The number of rotatable bonds is 6. The number of nitrogens with one attached hydrogen (secondary N) is 2. The molecule has 1 fully saturated rings. The van der Waals surface area contributed by atoms with E-state index in [4.69, 9.17) is 9.47 Å². The number of aromatic nitrogens is 3. The van der Waals surface area contributed by atoms with Crippen LogP contribution in [-0.2, 0) is 28.4 Å². The third kappa shape index (κ3) is 6.37. The van der Waals surface area contributed by atoms with E-state index in [1.807, 2.05) is 0 Å². The van der Waals surface area contributed by atoms with Crippen molar-refractivity contribution < 1.29 is 40.2 Å². The van der Waals surface area contributed by atoms with Gasteiger partial charge in [0.2, 0.25) is 0 Å². The maximum atomic E-state index is 13.5. The summed E-state index contributed by atoms with van der Waals surface area (Å²) in [5.41, 5.74) is -3.37. The minimum Gasteiger partial charge on any atom is -0.368 e. The summed E-state index contributed by atoms with van der Waals surface area (Å²) in [5.74, 6) is -0.288. The first kappa shape index (κ1) is 26.8. The van der Waals surface area contributed by atoms with E-state index in [9.17, 15) is 35.5 Å². The van der Waals surface area contributed by atoms with Gasteiger partial charge in [-0.1, -0.05) is 12.1 Å². The molecule has 3 aromatic rings. The minimum atomic E-state index is -5.02. The van der Waals surface area contributed by atoms with Gasteiger partial charge in [0.05, 0.1) is 30.4 Å². The summed E-state index contributed by atoms with van der Waals surface area (Å²) in [6.45, 7) is 1.75. The molecule has 2 aromatic carbocycles. The van der Waals surface area contributed by atoms with Crippen molar-refractivity contribution in [2.75, 3.05) is 13.2 Å². The second-order valence-electron chi connectivity index (χ2n) is 8.45. The molecule has 2 N–H and O–H groups in total. The first-order valence-corrected chi connectivity index (χ1v) is 11.0. The molecule has 0 aliphatic carbocycles. The van der Waals surface area contributed by atoms with Crippen LogP contribution in [0.2, 0.25) is 0 Å². The molecule has 2 heterocycles. The lowest BCUT2D eigenvalue weighted by molar-refractivity contribution is -0.207. The largest absolute Gasteiger partial charge is 0.416 e. The van der Waals surface area contributed by atoms with Crippen molar-refractivity contribution in [2.24, 2.45) is 0 Å². The third-order valence-corrected chi connectivity index (χ3v) is 5.82. The van der Waals surface area contributed by atoms with Crippen LogP contribution < -0.4 is 5.69 Å². The van der Waals surface area contributed by atoms with Crippen molar-refractivity contribution in [3.05, 3.63) is 86.8 Å². The summed E-state index contributed by atoms with van der Waals surface area (Å²) in [4.78, 5) is 15.6. The van der Waals surface area contributed by atoms with Crippen LogP contribution in [0.25, 0.3) is 0 Å². The summed E-state index contributed by atoms with van der Waals surface area (Å²) in [6.07, 6.45) is -13.2. The Morgan fingerprint density at radius 3 is 2.24 bits per heavy atom. The molecule has 4 rings (SSSR count). The fourth-order valence-corrected chi connectivity index (χ4v) is 4.01. The summed E-state index contributed by atoms with van der Waals surface area (Å²) < 4.78 is 106. The number of nitrogens with zero attached hydrogens (tertiary/aromatic N) is 2. The number of hydrogen-bond donors (Lipinski definition) is 2. The molecule has 37 heavy (non-hydrogen) atoms. The van der Waals surface area contributed by atoms with Crippen LogP contribution in [-0.4, -0.2) is 39.5 Å². The van der Waals surface area contributed by atoms with Crippen molar-refractivity contribution in [1.82, 2.24) is 20.1 Å². The molecule has 7 nitrogen and oxygen atoms in total. The van der Waals surface area contributed by atoms with Gasteiger partial charge in [0.25, 0.3) is 0 Å². The maximum Gasteiger partial charge on any atom is 0.416 e. The lowest BCUT2D eigenvalue weighted by atomic mass is 10.0. The van der Waals surface area contributed by atoms with Gasteiger partial charge in [0.15, 0.2) is 0 Å². The van der Waals surface area contributed by atoms with Gasteiger partial charge in [-0.15, -0.1) is 0 Å². The van der Waals surface area contributed by atoms with Crippen molar-refractivity contribution in [1.29, 1.82) is 0 Å². The first-order chi connectivity index (χ1) is 17.3. The Labute approximate surface area is 205 Å². The Bertz CT molecular complexity index is 1240. The Hall–Kier alpha value is -3.23. The lowest BCUT2D eigenvalue weighted by Gasteiger charge is -2.42. The van der Waals surface area contributed by atoms with Gasteiger partial charge in [0, 0.05) is 6.54 Å². The van der Waals surface area contributed by atoms with Gasteiger partial charge in [-0.3, -0.25) is 9.88 Å². The molecule has 1 aliphatic heterocycles. The van der Waals surface area contributed by atoms with Gasteiger partial charge in [-0.25, -0.2) is 14.3 Å². The molecule has 0 bridgehead atoms. The molecule has 0 radical (unpaired) electrons. The second-order valence-corrected chi connectivity index (χ2v) is 8.45. The Morgan fingerprint density at radius 1 is 1.08 bits per heavy atom. The van der Waals surface area contributed by atoms with Crippen molar-refractivity contribution in [3.8, 4) is 0 Å². The monoisotopic (exact) mass is 534 g/mol. The SMILES string of the molecule is C[C@@H](O[C@H]1[C@@H](c2ccc(F)cc2)OCCN1Cc1n[nH]c(=O)[nH]1)c1cc(C(F)(F)F)cc(C(F)(F)F)c1. The highest BCUT2D eigenvalue weighted by molar-refractivity contribution is 5.34. The zero-order chi connectivity index (χ0) is 27.0. The highest BCUT2D eigenvalue weighted by atomic mass is 19.4. The molecule has 0 spiro atoms. The maximum absolute atomic E-state index is 13.5. The molecular formula is C23H21F7N4O3. The Morgan fingerprint density at radius 2 is 1.70 bits per heavy atom. The minimum absolute atomic E-state index is 0.0214. The average Bonchev–Trinajstić information content (AvgIpc) is 3.23. The number of H-pyrrole nitrogens is 2. The normalized spacial score (nSPS) is 20.2. The fraction of sp³-hybridized carbons (Fsp3) is 0.391. The molecule has 3 atom stereocenters. The quantitative estimate of drug-likeness (QED) is 0.438. The van der Waals surface area contributed by atoms with Crippen molar-refractivity contribution >= 4 is 0 Å². The van der Waals surface area contributed by atoms with E-state index < -0.39 is 53.4 Å². The molecule has 1 aromatic heterocycles. The van der Waals surface area contributed by atoms with Crippen LogP contribution in [0.1, 0.15) is 47.2 Å². The van der Waals surface area contributed by atoms with E-state index in [0.717, 1.165) is 0 Å². The molecular weight excluding hydrogens is 513 g/mol. The predicted molar refractivity (Wildman–Crippen MR) is 114 cm³/mol. The van der Waals surface area contributed by atoms with Crippen LogP contribution in [0, 0.1) is 5.82 Å². The molecule has 14 heteroatoms. The highest BCUT2D eigenvalue weighted by Crippen LogP contribution is 2.39. The number of halogens is 7. The average molecular weight is 534 g/mol. The highest BCUT2D eigenvalue weighted by Gasteiger charge is 2.39. The summed E-state index contributed by atoms with van der Waals surface area (Å²) in [6, 6.07) is 6.50. The van der Waals surface area contributed by atoms with Crippen molar-refractivity contribution in [2.45, 2.75) is 44.3 Å². The standard InChI is InChI=1S/C23H21F7N4O3/c1-12(14-8-15(22(25,26)27)10-16(9-14)23(28,29)30)37-20-19(13-2-4-17(24)5-3-13)36-7-6-34(20)11-18-31-21(35)33-32-18/h2-5,8-10,12,19-20H,6-7,11H2,1H3,(H2,31,32,33,35)/t12-,19-,20+/m1/s1. The van der Waals surface area contributed by atoms with Crippen LogP contribution in [0.3, 0.4) is 0 Å².